The normalized spacial score (nSPS) is 23.0. The first-order valence-corrected chi connectivity index (χ1v) is 9.48. The number of nitrogens with two attached hydrogens (primary N) is 1. The quantitative estimate of drug-likeness (QED) is 0.803. The van der Waals surface area contributed by atoms with Crippen LogP contribution in [0.15, 0.2) is 24.4 Å². The van der Waals surface area contributed by atoms with Crippen LogP contribution < -0.4 is 10.5 Å². The number of fused-ring (bicyclic) bond motifs is 1. The Morgan fingerprint density at radius 1 is 1.36 bits per heavy atom. The number of benzene rings is 1. The molecule has 22 heavy (non-hydrogen) atoms. The summed E-state index contributed by atoms with van der Waals surface area (Å²) in [4.78, 5) is 3.34. The Bertz CT molecular complexity index is 767. The molecule has 1 fully saturated rings. The van der Waals surface area contributed by atoms with Gasteiger partial charge in [0.2, 0.25) is 10.0 Å². The molecule has 5 nitrogen and oxygen atoms in total. The Morgan fingerprint density at radius 3 is 2.91 bits per heavy atom. The zero-order valence-electron chi connectivity index (χ0n) is 12.8. The first-order chi connectivity index (χ1) is 10.4. The van der Waals surface area contributed by atoms with Gasteiger partial charge in [0.25, 0.3) is 0 Å². The number of piperidine rings is 1. The molecule has 1 aromatic heterocycles. The number of aromatic amines is 1. The molecule has 1 aromatic carbocycles. The van der Waals surface area contributed by atoms with E-state index in [9.17, 15) is 8.42 Å². The van der Waals surface area contributed by atoms with Crippen molar-refractivity contribution in [1.29, 1.82) is 0 Å². The summed E-state index contributed by atoms with van der Waals surface area (Å²) < 4.78 is 22.3. The molecule has 0 saturated carbocycles. The molecule has 1 aliphatic rings. The van der Waals surface area contributed by atoms with E-state index in [1.54, 1.807) is 0 Å². The predicted octanol–water partition coefficient (Wildman–Crippen LogP) is 1.85. The number of sulfonamides is 1. The van der Waals surface area contributed by atoms with E-state index in [-0.39, 0.29) is 5.75 Å². The fourth-order valence-corrected chi connectivity index (χ4v) is 3.88. The van der Waals surface area contributed by atoms with Crippen LogP contribution >= 0.6 is 0 Å². The zero-order chi connectivity index (χ0) is 15.7. The fraction of sp³-hybridized carbons (Fsp3) is 0.500. The first-order valence-electron chi connectivity index (χ1n) is 7.76. The Kier molecular flexibility index (Phi) is 4.25. The molecule has 2 aromatic rings. The topological polar surface area (TPSA) is 88.0 Å². The van der Waals surface area contributed by atoms with Gasteiger partial charge in [-0.1, -0.05) is 6.07 Å². The van der Waals surface area contributed by atoms with Crippen LogP contribution in [0.2, 0.25) is 0 Å². The van der Waals surface area contributed by atoms with Gasteiger partial charge in [-0.15, -0.1) is 0 Å². The van der Waals surface area contributed by atoms with Crippen LogP contribution in [0.25, 0.3) is 10.9 Å². The number of primary sulfonamides is 1. The summed E-state index contributed by atoms with van der Waals surface area (Å²) >= 11 is 0. The SMILES string of the molecule is CC1CC(c2c[nH]c3ccc(CCS(N)(=O)=O)cc23)CCN1. The Morgan fingerprint density at radius 2 is 2.18 bits per heavy atom. The average Bonchev–Trinajstić information content (AvgIpc) is 2.87. The Hall–Kier alpha value is -1.37. The van der Waals surface area contributed by atoms with Crippen LogP contribution in [0.5, 0.6) is 0 Å². The zero-order valence-corrected chi connectivity index (χ0v) is 13.6. The molecule has 1 saturated heterocycles. The third-order valence-electron chi connectivity index (χ3n) is 4.52. The molecular weight excluding hydrogens is 298 g/mol. The van der Waals surface area contributed by atoms with Crippen molar-refractivity contribution in [1.82, 2.24) is 10.3 Å². The molecule has 3 rings (SSSR count). The second-order valence-electron chi connectivity index (χ2n) is 6.32. The molecule has 2 heterocycles. The maximum atomic E-state index is 11.1. The molecule has 0 aliphatic carbocycles. The van der Waals surface area contributed by atoms with Gasteiger partial charge in [-0.25, -0.2) is 13.6 Å². The predicted molar refractivity (Wildman–Crippen MR) is 89.4 cm³/mol. The van der Waals surface area contributed by atoms with Crippen LogP contribution in [-0.4, -0.2) is 31.7 Å². The van der Waals surface area contributed by atoms with E-state index < -0.39 is 10.0 Å². The minimum atomic E-state index is -3.42. The van der Waals surface area contributed by atoms with Crippen LogP contribution in [-0.2, 0) is 16.4 Å². The molecular formula is C16H23N3O2S. The lowest BCUT2D eigenvalue weighted by Gasteiger charge is -2.27. The lowest BCUT2D eigenvalue weighted by atomic mass is 9.86. The van der Waals surface area contributed by atoms with E-state index in [4.69, 9.17) is 5.14 Å². The minimum absolute atomic E-state index is 0.0113. The van der Waals surface area contributed by atoms with Crippen LogP contribution in [0.3, 0.4) is 0 Å². The number of hydrogen-bond donors (Lipinski definition) is 3. The maximum absolute atomic E-state index is 11.1. The van der Waals surface area contributed by atoms with Gasteiger partial charge < -0.3 is 10.3 Å². The smallest absolute Gasteiger partial charge is 0.209 e. The van der Waals surface area contributed by atoms with Gasteiger partial charge in [0.05, 0.1) is 5.75 Å². The highest BCUT2D eigenvalue weighted by atomic mass is 32.2. The fourth-order valence-electron chi connectivity index (χ4n) is 3.36. The second kappa shape index (κ2) is 6.02. The largest absolute Gasteiger partial charge is 0.361 e. The van der Waals surface area contributed by atoms with Crippen LogP contribution in [0, 0.1) is 0 Å². The highest BCUT2D eigenvalue weighted by Crippen LogP contribution is 2.33. The van der Waals surface area contributed by atoms with Gasteiger partial charge in [-0.2, -0.15) is 0 Å². The van der Waals surface area contributed by atoms with Crippen molar-refractivity contribution in [2.75, 3.05) is 12.3 Å². The van der Waals surface area contributed by atoms with E-state index >= 15 is 0 Å². The summed E-state index contributed by atoms with van der Waals surface area (Å²) in [6.45, 7) is 3.27. The van der Waals surface area contributed by atoms with Crippen molar-refractivity contribution in [3.8, 4) is 0 Å². The lowest BCUT2D eigenvalue weighted by molar-refractivity contribution is 0.382. The van der Waals surface area contributed by atoms with E-state index in [1.165, 1.54) is 10.9 Å². The summed E-state index contributed by atoms with van der Waals surface area (Å²) in [6, 6.07) is 6.65. The van der Waals surface area contributed by atoms with Crippen molar-refractivity contribution < 1.29 is 8.42 Å². The monoisotopic (exact) mass is 321 g/mol. The molecule has 6 heteroatoms. The summed E-state index contributed by atoms with van der Waals surface area (Å²) in [7, 11) is -3.42. The van der Waals surface area contributed by atoms with E-state index in [0.717, 1.165) is 30.5 Å². The molecule has 120 valence electrons. The van der Waals surface area contributed by atoms with Gasteiger partial charge in [0.1, 0.15) is 0 Å². The summed E-state index contributed by atoms with van der Waals surface area (Å²) in [5.74, 6) is 0.543. The van der Waals surface area contributed by atoms with Gasteiger partial charge in [0, 0.05) is 23.1 Å². The Labute approximate surface area is 131 Å². The third kappa shape index (κ3) is 3.51. The number of nitrogens with one attached hydrogen (secondary N) is 2. The van der Waals surface area contributed by atoms with Crippen molar-refractivity contribution >= 4 is 20.9 Å². The van der Waals surface area contributed by atoms with Crippen molar-refractivity contribution in [3.05, 3.63) is 35.5 Å². The standard InChI is InChI=1S/C16H23N3O2S/c1-11-8-13(4-6-18-11)15-10-19-16-3-2-12(9-14(15)16)5-7-22(17,20)21/h2-3,9-11,13,18-19H,4-8H2,1H3,(H2,17,20,21). The average molecular weight is 321 g/mol. The van der Waals surface area contributed by atoms with Gasteiger partial charge in [0.15, 0.2) is 0 Å². The molecule has 0 spiro atoms. The van der Waals surface area contributed by atoms with Crippen LogP contribution in [0.4, 0.5) is 0 Å². The van der Waals surface area contributed by atoms with Crippen LogP contribution in [0.1, 0.15) is 36.8 Å². The van der Waals surface area contributed by atoms with Crippen molar-refractivity contribution in [2.24, 2.45) is 5.14 Å². The van der Waals surface area contributed by atoms with Gasteiger partial charge in [-0.05, 0) is 61.9 Å². The third-order valence-corrected chi connectivity index (χ3v) is 5.29. The summed E-state index contributed by atoms with van der Waals surface area (Å²) in [5.41, 5.74) is 3.48. The number of hydrogen-bond acceptors (Lipinski definition) is 3. The first kappa shape index (κ1) is 15.5. The van der Waals surface area contributed by atoms with Gasteiger partial charge in [-0.3, -0.25) is 0 Å². The molecule has 0 bridgehead atoms. The van der Waals surface area contributed by atoms with Crippen molar-refractivity contribution in [3.63, 3.8) is 0 Å². The van der Waals surface area contributed by atoms with E-state index in [0.29, 0.717) is 18.4 Å². The Balaban J connectivity index is 1.88. The number of aromatic nitrogens is 1. The summed E-state index contributed by atoms with van der Waals surface area (Å²) in [6.07, 6.45) is 4.84. The molecule has 2 unspecified atom stereocenters. The second-order valence-corrected chi connectivity index (χ2v) is 8.05. The molecule has 1 aliphatic heterocycles. The summed E-state index contributed by atoms with van der Waals surface area (Å²) in [5, 5.41) is 9.79. The maximum Gasteiger partial charge on any atom is 0.209 e. The minimum Gasteiger partial charge on any atom is -0.361 e. The highest BCUT2D eigenvalue weighted by Gasteiger charge is 2.22. The van der Waals surface area contributed by atoms with E-state index in [1.807, 2.05) is 12.1 Å². The highest BCUT2D eigenvalue weighted by molar-refractivity contribution is 7.89. The van der Waals surface area contributed by atoms with E-state index in [2.05, 4.69) is 29.5 Å². The molecule has 4 N–H and O–H groups in total. The number of H-pyrrole nitrogens is 1. The molecule has 0 amide bonds. The van der Waals surface area contributed by atoms with Gasteiger partial charge >= 0.3 is 0 Å². The number of rotatable bonds is 4. The lowest BCUT2D eigenvalue weighted by Crippen LogP contribution is -2.34. The molecule has 2 atom stereocenters. The molecule has 0 radical (unpaired) electrons. The number of aryl methyl sites for hydroxylation is 1. The van der Waals surface area contributed by atoms with Crippen molar-refractivity contribution in [2.45, 2.75) is 38.1 Å².